The number of carbonyl (C=O) groups is 5. The Morgan fingerprint density at radius 3 is 0.818 bits per heavy atom. The molecule has 0 spiro atoms. The standard InChI is InChI=1S/C25H28N4O2.C24H28N4O2.C23H26N4O2.C22H22N4O2.C21H19F3N4O2/c30-25(27-20-7-2-1-3-8-20)24-18-28(22-9-4-5-10-23(22)31-24)17-19-11-13-21(14-12-19)29-16-6-15-26-29;1-4-24(2,3)26-23(29)22-17-27(20-8-5-6-9-21(20)30-22)16-18-10-12-19(13-11-18)28-15-7-14-25-28;1-17(2)14-24-23(28)22-16-26(20-6-3-4-7-21(20)29-22)15-18-8-10-19(11-9-18)27-13-5-12-25-27;27-22(24-17-8-9-17)21-15-25(19-4-1-2-5-20(19)28-21)14-16-6-10-18(11-7-16)26-13-3-12-23-26;22-21(23,24)14-25-20(29)19-13-27(17-4-1-2-5-18(17)30-19)12-15-6-8-16(9-7-15)28-11-3-10-26-28/h4-6,9-16,20,24H,1-3,7-8,17-18H2,(H,27,30);5-15,22H,4,16-17H2,1-3H3,(H,26,29);3-13,17,22H,14-16H2,1-2H3,(H,24,28);1-7,10-13,17,21H,8-9,14-15H2,(H,24,27);1-11,19H,12-14H2,(H,25,29). The average Bonchev–Trinajstić information content (AvgIpc) is 1.02. The summed E-state index contributed by atoms with van der Waals surface area (Å²) < 4.78 is 76.3. The molecule has 7 aliphatic rings. The predicted molar refractivity (Wildman–Crippen MR) is 563 cm³/mol. The van der Waals surface area contributed by atoms with Gasteiger partial charge in [0.25, 0.3) is 29.5 Å². The topological polar surface area (TPSA) is 297 Å². The molecule has 5 unspecified atom stereocenters. The number of alkyl halides is 3. The largest absolute Gasteiger partial charge is 0.477 e. The molecular formula is C115H123F3N20O10. The highest BCUT2D eigenvalue weighted by Gasteiger charge is 2.40. The van der Waals surface area contributed by atoms with Crippen LogP contribution in [0.2, 0.25) is 0 Å². The van der Waals surface area contributed by atoms with Gasteiger partial charge >= 0.3 is 6.18 Å². The third kappa shape index (κ3) is 26.9. The highest BCUT2D eigenvalue weighted by molar-refractivity contribution is 5.87. The molecule has 33 heteroatoms. The van der Waals surface area contributed by atoms with Crippen LogP contribution in [0.3, 0.4) is 0 Å². The number of fused-ring (bicyclic) bond motifs is 5. The van der Waals surface area contributed by atoms with Crippen LogP contribution in [-0.2, 0) is 56.7 Å². The van der Waals surface area contributed by atoms with Gasteiger partial charge in [-0.2, -0.15) is 38.7 Å². The maximum Gasteiger partial charge on any atom is 0.405 e. The van der Waals surface area contributed by atoms with E-state index >= 15 is 0 Å². The van der Waals surface area contributed by atoms with Gasteiger partial charge < -0.3 is 74.8 Å². The number of ether oxygens (including phenoxy) is 5. The first-order valence-corrected chi connectivity index (χ1v) is 50.5. The van der Waals surface area contributed by atoms with Crippen LogP contribution in [0.15, 0.2) is 335 Å². The summed E-state index contributed by atoms with van der Waals surface area (Å²) in [6, 6.07) is 90.0. The maximum absolute atomic E-state index is 13.0. The van der Waals surface area contributed by atoms with Gasteiger partial charge in [0.1, 0.15) is 35.3 Å². The van der Waals surface area contributed by atoms with Crippen molar-refractivity contribution in [2.45, 2.75) is 173 Å². The molecule has 10 aromatic carbocycles. The molecule has 2 aliphatic carbocycles. The van der Waals surface area contributed by atoms with Gasteiger partial charge in [-0.15, -0.1) is 0 Å². The number of nitrogens with one attached hydrogen (secondary N) is 5. The van der Waals surface area contributed by atoms with E-state index in [0.717, 1.165) is 123 Å². The van der Waals surface area contributed by atoms with Gasteiger partial charge in [-0.05, 0) is 231 Å². The van der Waals surface area contributed by atoms with E-state index in [2.05, 4.69) is 190 Å². The third-order valence-electron chi connectivity index (χ3n) is 26.5. The fourth-order valence-corrected chi connectivity index (χ4v) is 18.2. The van der Waals surface area contributed by atoms with Crippen LogP contribution in [0, 0.1) is 5.92 Å². The summed E-state index contributed by atoms with van der Waals surface area (Å²) in [4.78, 5) is 74.1. The highest BCUT2D eigenvalue weighted by atomic mass is 19.4. The Kier molecular flexibility index (Phi) is 32.6. The van der Waals surface area contributed by atoms with Gasteiger partial charge in [0.15, 0.2) is 30.5 Å². The van der Waals surface area contributed by atoms with Gasteiger partial charge in [-0.1, -0.05) is 161 Å². The molecule has 0 radical (unpaired) electrons. The van der Waals surface area contributed by atoms with E-state index in [1.807, 2.05) is 232 Å². The first-order valence-electron chi connectivity index (χ1n) is 50.5. The van der Waals surface area contributed by atoms with E-state index in [1.165, 1.54) is 36.0 Å². The van der Waals surface area contributed by atoms with Crippen LogP contribution in [-0.4, -0.2) is 179 Å². The number of nitrogens with zero attached hydrogens (tertiary/aromatic N) is 15. The Hall–Kier alpha value is -16.6. The van der Waals surface area contributed by atoms with E-state index in [9.17, 15) is 37.1 Å². The second-order valence-corrected chi connectivity index (χ2v) is 38.7. The maximum atomic E-state index is 13.0. The summed E-state index contributed by atoms with van der Waals surface area (Å²) in [5.74, 6) is 2.94. The van der Waals surface area contributed by atoms with Crippen molar-refractivity contribution in [3.8, 4) is 57.2 Å². The quantitative estimate of drug-likeness (QED) is 0.0319. The van der Waals surface area contributed by atoms with Crippen LogP contribution in [0.4, 0.5) is 41.6 Å². The molecule has 5 amide bonds. The fourth-order valence-electron chi connectivity index (χ4n) is 18.2. The van der Waals surface area contributed by atoms with Crippen LogP contribution in [0.25, 0.3) is 28.4 Å². The van der Waals surface area contributed by atoms with E-state index in [0.29, 0.717) is 83.2 Å². The second-order valence-electron chi connectivity index (χ2n) is 38.7. The molecule has 148 heavy (non-hydrogen) atoms. The Morgan fingerprint density at radius 1 is 0.324 bits per heavy atom. The highest BCUT2D eigenvalue weighted by Crippen LogP contribution is 2.41. The number of amides is 5. The SMILES string of the molecule is CC(C)CNC(=O)C1CN(Cc2ccc(-n3cccn3)cc2)c2ccccc2O1.CCC(C)(C)NC(=O)C1CN(Cc2ccc(-n3cccn3)cc2)c2ccccc2O1.O=C(NC1CC1)C1CN(Cc2ccc(-n3cccn3)cc2)c2ccccc2O1.O=C(NC1CCCCC1)C1CN(Cc2ccc(-n3cccn3)cc2)c2ccccc2O1.O=C(NCC(F)(F)F)C1CN(Cc2ccc(-n3cccn3)cc2)c2ccccc2O1. The number of hydrogen-bond donors (Lipinski definition) is 5. The number of aromatic nitrogens is 10. The number of carbonyl (C=O) groups excluding carboxylic acids is 5. The minimum absolute atomic E-state index is 0.000401. The number of anilines is 5. The molecule has 5 aromatic heterocycles. The molecule has 30 nitrogen and oxygen atoms in total. The summed E-state index contributed by atoms with van der Waals surface area (Å²) in [6.45, 7) is 15.1. The van der Waals surface area contributed by atoms with Crippen molar-refractivity contribution < 1.29 is 60.8 Å². The van der Waals surface area contributed by atoms with Crippen molar-refractivity contribution >= 4 is 58.0 Å². The lowest BCUT2D eigenvalue weighted by atomic mass is 9.95. The van der Waals surface area contributed by atoms with E-state index in [-0.39, 0.29) is 41.8 Å². The van der Waals surface area contributed by atoms with Crippen LogP contribution >= 0.6 is 0 Å². The molecule has 22 rings (SSSR count). The van der Waals surface area contributed by atoms with E-state index in [1.54, 1.807) is 47.8 Å². The van der Waals surface area contributed by atoms with Gasteiger partial charge in [0, 0.05) is 119 Å². The number of hydrogen-bond acceptors (Lipinski definition) is 20. The minimum Gasteiger partial charge on any atom is -0.477 e. The van der Waals surface area contributed by atoms with Crippen LogP contribution in [0.5, 0.6) is 28.7 Å². The van der Waals surface area contributed by atoms with E-state index < -0.39 is 49.1 Å². The molecule has 5 N–H and O–H groups in total. The first-order chi connectivity index (χ1) is 72.0. The van der Waals surface area contributed by atoms with Crippen molar-refractivity contribution in [2.75, 3.05) is 70.3 Å². The zero-order valence-electron chi connectivity index (χ0n) is 83.4. The van der Waals surface area contributed by atoms with Crippen LogP contribution < -0.4 is 74.8 Å². The summed E-state index contributed by atoms with van der Waals surface area (Å²) in [5.41, 5.74) is 15.3. The van der Waals surface area contributed by atoms with Gasteiger partial charge in [0.05, 0.1) is 89.6 Å². The molecule has 5 atom stereocenters. The van der Waals surface area contributed by atoms with Gasteiger partial charge in [-0.3, -0.25) is 24.0 Å². The van der Waals surface area contributed by atoms with Crippen molar-refractivity contribution in [3.05, 3.63) is 363 Å². The molecule has 764 valence electrons. The molecule has 15 aromatic rings. The smallest absolute Gasteiger partial charge is 0.405 e. The Bertz CT molecular complexity index is 6830. The summed E-state index contributed by atoms with van der Waals surface area (Å²) in [5, 5.41) is 35.6. The normalized spacial score (nSPS) is 17.0. The third-order valence-corrected chi connectivity index (χ3v) is 26.5. The molecule has 0 bridgehead atoms. The summed E-state index contributed by atoms with van der Waals surface area (Å²) in [6.07, 6.45) is 19.6. The lowest BCUT2D eigenvalue weighted by Gasteiger charge is -2.37. The zero-order chi connectivity index (χ0) is 102. The lowest BCUT2D eigenvalue weighted by Crippen LogP contribution is -2.54. The van der Waals surface area contributed by atoms with Crippen molar-refractivity contribution in [1.82, 2.24) is 75.5 Å². The van der Waals surface area contributed by atoms with Crippen molar-refractivity contribution in [2.24, 2.45) is 5.92 Å². The lowest BCUT2D eigenvalue weighted by molar-refractivity contribution is -0.142. The molecule has 2 fully saturated rings. The Balaban J connectivity index is 0.000000121. The van der Waals surface area contributed by atoms with Crippen molar-refractivity contribution in [1.29, 1.82) is 0 Å². The molecule has 10 heterocycles. The zero-order valence-corrected chi connectivity index (χ0v) is 83.4. The molecule has 0 saturated heterocycles. The fraction of sp³-hybridized carbons (Fsp3) is 0.304. The molecular weight excluding hydrogens is 1880 g/mol. The predicted octanol–water partition coefficient (Wildman–Crippen LogP) is 17.7. The Labute approximate surface area is 858 Å². The van der Waals surface area contributed by atoms with Crippen LogP contribution in [0.1, 0.15) is 114 Å². The number of halogens is 3. The number of para-hydroxylation sites is 10. The van der Waals surface area contributed by atoms with E-state index in [4.69, 9.17) is 23.7 Å². The Morgan fingerprint density at radius 2 is 0.574 bits per heavy atom. The molecule has 5 aliphatic heterocycles. The molecule has 2 saturated carbocycles. The number of benzene rings is 10. The minimum atomic E-state index is -4.47. The second kappa shape index (κ2) is 47.5. The number of rotatable bonds is 27. The summed E-state index contributed by atoms with van der Waals surface area (Å²) >= 11 is 0. The monoisotopic (exact) mass is 2000 g/mol. The first kappa shape index (κ1) is 101. The van der Waals surface area contributed by atoms with Gasteiger partial charge in [0.2, 0.25) is 0 Å². The summed E-state index contributed by atoms with van der Waals surface area (Å²) in [7, 11) is 0. The van der Waals surface area contributed by atoms with Gasteiger partial charge in [-0.25, -0.2) is 23.4 Å². The average molecular weight is 2000 g/mol. The van der Waals surface area contributed by atoms with Crippen molar-refractivity contribution in [3.63, 3.8) is 0 Å².